The van der Waals surface area contributed by atoms with Crippen molar-refractivity contribution in [2.75, 3.05) is 0 Å². The Morgan fingerprint density at radius 3 is 2.54 bits per heavy atom. The Bertz CT molecular complexity index is 993. The van der Waals surface area contributed by atoms with Crippen molar-refractivity contribution in [3.8, 4) is 11.1 Å². The quantitative estimate of drug-likeness (QED) is 0.699. The highest BCUT2D eigenvalue weighted by Crippen LogP contribution is 2.26. The van der Waals surface area contributed by atoms with Crippen LogP contribution in [0.1, 0.15) is 41.1 Å². The van der Waals surface area contributed by atoms with Crippen molar-refractivity contribution in [3.05, 3.63) is 87.9 Å². The molecule has 4 nitrogen and oxygen atoms in total. The molecule has 1 N–H and O–H groups in total. The van der Waals surface area contributed by atoms with Gasteiger partial charge in [-0.1, -0.05) is 43.3 Å². The van der Waals surface area contributed by atoms with Gasteiger partial charge in [0.25, 0.3) is 5.56 Å². The minimum Gasteiger partial charge on any atom is -0.311 e. The van der Waals surface area contributed by atoms with Gasteiger partial charge < -0.3 is 4.98 Å². The molecule has 2 aromatic carbocycles. The van der Waals surface area contributed by atoms with E-state index in [0.717, 1.165) is 16.7 Å². The third-order valence-electron chi connectivity index (χ3n) is 4.27. The summed E-state index contributed by atoms with van der Waals surface area (Å²) in [5.74, 6) is -0.0560. The largest absolute Gasteiger partial charge is 0.311 e. The molecular weight excluding hydrogens is 331 g/mol. The molecular formula is C21H19FN2O2. The molecule has 0 spiro atoms. The van der Waals surface area contributed by atoms with E-state index in [9.17, 15) is 14.0 Å². The third-order valence-corrected chi connectivity index (χ3v) is 4.27. The van der Waals surface area contributed by atoms with Crippen molar-refractivity contribution in [3.63, 3.8) is 0 Å². The molecule has 0 fully saturated rings. The standard InChI is InChI=1S/C21H19FN2O2/c1-13(10-20(25)19-12-21(26)24-14(2)23-19)16-4-3-5-17(11-16)15-6-8-18(22)9-7-15/h3-9,11-13H,10H2,1-2H3,(H,23,24,26). The maximum atomic E-state index is 13.1. The number of carbonyl (C=O) groups is 1. The van der Waals surface area contributed by atoms with Crippen molar-refractivity contribution in [2.24, 2.45) is 0 Å². The molecule has 0 radical (unpaired) electrons. The lowest BCUT2D eigenvalue weighted by atomic mass is 9.92. The number of ketones is 1. The van der Waals surface area contributed by atoms with E-state index in [4.69, 9.17) is 0 Å². The van der Waals surface area contributed by atoms with Crippen LogP contribution in [0, 0.1) is 12.7 Å². The zero-order valence-electron chi connectivity index (χ0n) is 14.6. The first-order chi connectivity index (χ1) is 12.4. The topological polar surface area (TPSA) is 62.8 Å². The molecule has 0 saturated heterocycles. The molecule has 1 atom stereocenters. The molecule has 0 aliphatic rings. The number of benzene rings is 2. The number of nitrogens with one attached hydrogen (secondary N) is 1. The minimum atomic E-state index is -0.327. The number of halogens is 1. The molecule has 0 bridgehead atoms. The van der Waals surface area contributed by atoms with Crippen LogP contribution in [0.3, 0.4) is 0 Å². The molecule has 1 heterocycles. The van der Waals surface area contributed by atoms with Crippen LogP contribution in [-0.4, -0.2) is 15.8 Å². The minimum absolute atomic E-state index is 0.0377. The van der Waals surface area contributed by atoms with Crippen LogP contribution in [0.25, 0.3) is 11.1 Å². The number of hydrogen-bond donors (Lipinski definition) is 1. The second-order valence-electron chi connectivity index (χ2n) is 6.38. The van der Waals surface area contributed by atoms with Crippen molar-refractivity contribution in [2.45, 2.75) is 26.2 Å². The normalized spacial score (nSPS) is 12.0. The van der Waals surface area contributed by atoms with Gasteiger partial charge in [0.15, 0.2) is 5.78 Å². The molecule has 26 heavy (non-hydrogen) atoms. The van der Waals surface area contributed by atoms with E-state index in [1.165, 1.54) is 18.2 Å². The van der Waals surface area contributed by atoms with E-state index in [-0.39, 0.29) is 35.2 Å². The summed E-state index contributed by atoms with van der Waals surface area (Å²) in [5.41, 5.74) is 2.74. The van der Waals surface area contributed by atoms with Crippen molar-refractivity contribution in [1.29, 1.82) is 0 Å². The van der Waals surface area contributed by atoms with Crippen LogP contribution in [-0.2, 0) is 0 Å². The Labute approximate surface area is 150 Å². The Hall–Kier alpha value is -3.08. The molecule has 0 aliphatic carbocycles. The predicted octanol–water partition coefficient (Wildman–Crippen LogP) is 4.26. The SMILES string of the molecule is Cc1nc(C(=O)CC(C)c2cccc(-c3ccc(F)cc3)c2)cc(=O)[nH]1. The summed E-state index contributed by atoms with van der Waals surface area (Å²) in [6.07, 6.45) is 0.253. The fourth-order valence-electron chi connectivity index (χ4n) is 2.89. The lowest BCUT2D eigenvalue weighted by molar-refractivity contribution is 0.0970. The van der Waals surface area contributed by atoms with E-state index in [2.05, 4.69) is 9.97 Å². The molecule has 132 valence electrons. The van der Waals surface area contributed by atoms with Gasteiger partial charge in [-0.25, -0.2) is 9.37 Å². The molecule has 0 amide bonds. The summed E-state index contributed by atoms with van der Waals surface area (Å²) in [5, 5.41) is 0. The van der Waals surface area contributed by atoms with Gasteiger partial charge in [0, 0.05) is 12.5 Å². The van der Waals surface area contributed by atoms with E-state index < -0.39 is 0 Å². The summed E-state index contributed by atoms with van der Waals surface area (Å²) < 4.78 is 13.1. The fourth-order valence-corrected chi connectivity index (χ4v) is 2.89. The monoisotopic (exact) mass is 350 g/mol. The number of aromatic amines is 1. The van der Waals surface area contributed by atoms with Gasteiger partial charge in [0.1, 0.15) is 17.3 Å². The Kier molecular flexibility index (Phi) is 5.07. The fraction of sp³-hybridized carbons (Fsp3) is 0.190. The van der Waals surface area contributed by atoms with Crippen molar-refractivity contribution < 1.29 is 9.18 Å². The Balaban J connectivity index is 1.80. The second-order valence-corrected chi connectivity index (χ2v) is 6.38. The number of rotatable bonds is 5. The Morgan fingerprint density at radius 2 is 1.85 bits per heavy atom. The van der Waals surface area contributed by atoms with Crippen LogP contribution < -0.4 is 5.56 Å². The van der Waals surface area contributed by atoms with Gasteiger partial charge in [-0.2, -0.15) is 0 Å². The zero-order chi connectivity index (χ0) is 18.7. The predicted molar refractivity (Wildman–Crippen MR) is 98.8 cm³/mol. The molecule has 0 saturated carbocycles. The average Bonchev–Trinajstić information content (AvgIpc) is 2.61. The summed E-state index contributed by atoms with van der Waals surface area (Å²) in [4.78, 5) is 30.6. The van der Waals surface area contributed by atoms with Gasteiger partial charge in [-0.15, -0.1) is 0 Å². The number of H-pyrrole nitrogens is 1. The molecule has 0 aliphatic heterocycles. The van der Waals surface area contributed by atoms with Crippen molar-refractivity contribution >= 4 is 5.78 Å². The molecule has 1 aromatic heterocycles. The molecule has 1 unspecified atom stereocenters. The molecule has 5 heteroatoms. The van der Waals surface area contributed by atoms with Crippen LogP contribution in [0.15, 0.2) is 59.4 Å². The van der Waals surface area contributed by atoms with Crippen LogP contribution in [0.2, 0.25) is 0 Å². The summed E-state index contributed by atoms with van der Waals surface area (Å²) in [7, 11) is 0. The number of hydrogen-bond acceptors (Lipinski definition) is 3. The number of aryl methyl sites for hydroxylation is 1. The Morgan fingerprint density at radius 1 is 1.12 bits per heavy atom. The van der Waals surface area contributed by atoms with E-state index in [0.29, 0.717) is 5.82 Å². The summed E-state index contributed by atoms with van der Waals surface area (Å²) >= 11 is 0. The zero-order valence-corrected chi connectivity index (χ0v) is 14.6. The average molecular weight is 350 g/mol. The second kappa shape index (κ2) is 7.44. The lowest BCUT2D eigenvalue weighted by Gasteiger charge is -2.13. The van der Waals surface area contributed by atoms with Crippen LogP contribution in [0.4, 0.5) is 4.39 Å². The summed E-state index contributed by atoms with van der Waals surface area (Å²) in [6.45, 7) is 3.61. The van der Waals surface area contributed by atoms with Gasteiger partial charge in [-0.05, 0) is 41.7 Å². The molecule has 3 rings (SSSR count). The lowest BCUT2D eigenvalue weighted by Crippen LogP contribution is -2.15. The third kappa shape index (κ3) is 4.11. The smallest absolute Gasteiger partial charge is 0.251 e. The van der Waals surface area contributed by atoms with E-state index >= 15 is 0 Å². The van der Waals surface area contributed by atoms with E-state index in [1.807, 2.05) is 31.2 Å². The van der Waals surface area contributed by atoms with Crippen molar-refractivity contribution in [1.82, 2.24) is 9.97 Å². The van der Waals surface area contributed by atoms with E-state index in [1.54, 1.807) is 19.1 Å². The first-order valence-corrected chi connectivity index (χ1v) is 8.39. The highest BCUT2D eigenvalue weighted by atomic mass is 19.1. The van der Waals surface area contributed by atoms with Gasteiger partial charge in [0.05, 0.1) is 0 Å². The number of carbonyl (C=O) groups excluding carboxylic acids is 1. The number of Topliss-reactive ketones (excluding diaryl/α,β-unsaturated/α-hetero) is 1. The first kappa shape index (κ1) is 17.7. The highest BCUT2D eigenvalue weighted by Gasteiger charge is 2.16. The molecule has 3 aromatic rings. The maximum absolute atomic E-state index is 13.1. The van der Waals surface area contributed by atoms with Gasteiger partial charge in [-0.3, -0.25) is 9.59 Å². The first-order valence-electron chi connectivity index (χ1n) is 8.39. The maximum Gasteiger partial charge on any atom is 0.251 e. The highest BCUT2D eigenvalue weighted by molar-refractivity contribution is 5.94. The number of nitrogens with zero attached hydrogens (tertiary/aromatic N) is 1. The van der Waals surface area contributed by atoms with Crippen LogP contribution >= 0.6 is 0 Å². The van der Waals surface area contributed by atoms with Gasteiger partial charge >= 0.3 is 0 Å². The van der Waals surface area contributed by atoms with Gasteiger partial charge in [0.2, 0.25) is 0 Å². The number of aromatic nitrogens is 2. The summed E-state index contributed by atoms with van der Waals surface area (Å²) in [6, 6.07) is 15.4. The van der Waals surface area contributed by atoms with Crippen LogP contribution in [0.5, 0.6) is 0 Å².